The maximum Gasteiger partial charge on any atom is 0.328 e. The monoisotopic (exact) mass is 279 g/mol. The molecule has 0 bridgehead atoms. The van der Waals surface area contributed by atoms with Crippen molar-refractivity contribution in [1.29, 1.82) is 0 Å². The Bertz CT molecular complexity index is 430. The van der Waals surface area contributed by atoms with Crippen LogP contribution in [-0.4, -0.2) is 23.7 Å². The minimum Gasteiger partial charge on any atom is -0.494 e. The first kappa shape index (κ1) is 16.5. The van der Waals surface area contributed by atoms with E-state index in [0.29, 0.717) is 6.61 Å². The molecule has 1 rings (SSSR count). The van der Waals surface area contributed by atoms with Gasteiger partial charge in [0, 0.05) is 6.04 Å². The third kappa shape index (κ3) is 3.97. The maximum absolute atomic E-state index is 11.6. The number of hydrogen-bond acceptors (Lipinski definition) is 3. The number of rotatable bonds is 8. The summed E-state index contributed by atoms with van der Waals surface area (Å²) < 4.78 is 5.52. The number of benzene rings is 1. The van der Waals surface area contributed by atoms with Crippen LogP contribution in [0, 0.1) is 0 Å². The molecule has 0 aliphatic rings. The van der Waals surface area contributed by atoms with Crippen LogP contribution < -0.4 is 10.1 Å². The highest BCUT2D eigenvalue weighted by Crippen LogP contribution is 2.25. The molecule has 1 aromatic rings. The Morgan fingerprint density at radius 1 is 1.35 bits per heavy atom. The zero-order valence-corrected chi connectivity index (χ0v) is 12.8. The van der Waals surface area contributed by atoms with Crippen LogP contribution in [-0.2, 0) is 10.3 Å². The molecule has 0 fully saturated rings. The molecular weight excluding hydrogens is 254 g/mol. The molecule has 0 spiro atoms. The molecule has 112 valence electrons. The molecule has 0 radical (unpaired) electrons. The Balaban J connectivity index is 2.94. The number of ether oxygens (including phenoxy) is 1. The van der Waals surface area contributed by atoms with E-state index >= 15 is 0 Å². The lowest BCUT2D eigenvalue weighted by Crippen LogP contribution is -2.50. The average molecular weight is 279 g/mol. The van der Waals surface area contributed by atoms with E-state index in [1.165, 1.54) is 0 Å². The highest BCUT2D eigenvalue weighted by Gasteiger charge is 2.35. The second kappa shape index (κ2) is 7.29. The highest BCUT2D eigenvalue weighted by molar-refractivity contribution is 5.80. The molecule has 0 heterocycles. The second-order valence-electron chi connectivity index (χ2n) is 5.26. The van der Waals surface area contributed by atoms with Gasteiger partial charge in [0.15, 0.2) is 0 Å². The van der Waals surface area contributed by atoms with Crippen molar-refractivity contribution in [3.63, 3.8) is 0 Å². The smallest absolute Gasteiger partial charge is 0.328 e. The van der Waals surface area contributed by atoms with Crippen molar-refractivity contribution >= 4 is 5.97 Å². The lowest BCUT2D eigenvalue weighted by molar-refractivity contribution is -0.145. The van der Waals surface area contributed by atoms with Crippen LogP contribution in [0.25, 0.3) is 0 Å². The lowest BCUT2D eigenvalue weighted by atomic mass is 9.91. The van der Waals surface area contributed by atoms with Crippen molar-refractivity contribution in [3.05, 3.63) is 29.8 Å². The van der Waals surface area contributed by atoms with E-state index in [-0.39, 0.29) is 6.04 Å². The van der Waals surface area contributed by atoms with E-state index in [2.05, 4.69) is 5.32 Å². The molecule has 4 heteroatoms. The van der Waals surface area contributed by atoms with Gasteiger partial charge in [-0.15, -0.1) is 0 Å². The summed E-state index contributed by atoms with van der Waals surface area (Å²) in [5.74, 6) is -0.105. The van der Waals surface area contributed by atoms with E-state index in [4.69, 9.17) is 4.74 Å². The van der Waals surface area contributed by atoms with Crippen molar-refractivity contribution < 1.29 is 14.6 Å². The zero-order valence-electron chi connectivity index (χ0n) is 12.8. The molecule has 2 atom stereocenters. The van der Waals surface area contributed by atoms with E-state index in [1.54, 1.807) is 6.92 Å². The Hall–Kier alpha value is -1.55. The molecule has 20 heavy (non-hydrogen) atoms. The highest BCUT2D eigenvalue weighted by atomic mass is 16.5. The summed E-state index contributed by atoms with van der Waals surface area (Å²) >= 11 is 0. The van der Waals surface area contributed by atoms with Gasteiger partial charge in [-0.25, -0.2) is 4.79 Å². The van der Waals surface area contributed by atoms with Gasteiger partial charge in [0.2, 0.25) is 0 Å². The van der Waals surface area contributed by atoms with Crippen LogP contribution in [0.2, 0.25) is 0 Å². The fourth-order valence-electron chi connectivity index (χ4n) is 1.97. The van der Waals surface area contributed by atoms with Gasteiger partial charge in [-0.1, -0.05) is 26.0 Å². The Morgan fingerprint density at radius 3 is 2.40 bits per heavy atom. The van der Waals surface area contributed by atoms with Gasteiger partial charge in [0.1, 0.15) is 11.3 Å². The Morgan fingerprint density at radius 2 is 1.95 bits per heavy atom. The molecule has 0 saturated carbocycles. The van der Waals surface area contributed by atoms with Crippen LogP contribution in [0.3, 0.4) is 0 Å². The minimum absolute atomic E-state index is 0.132. The molecule has 1 aromatic carbocycles. The molecular formula is C16H25NO3. The van der Waals surface area contributed by atoms with Crippen molar-refractivity contribution in [2.75, 3.05) is 6.61 Å². The first-order valence-electron chi connectivity index (χ1n) is 7.18. The summed E-state index contributed by atoms with van der Waals surface area (Å²) in [5, 5.41) is 12.7. The third-order valence-corrected chi connectivity index (χ3v) is 3.48. The summed E-state index contributed by atoms with van der Waals surface area (Å²) in [5.41, 5.74) is -0.354. The van der Waals surface area contributed by atoms with Gasteiger partial charge in [0.25, 0.3) is 0 Å². The first-order chi connectivity index (χ1) is 9.43. The van der Waals surface area contributed by atoms with E-state index in [9.17, 15) is 9.90 Å². The van der Waals surface area contributed by atoms with Crippen LogP contribution in [0.5, 0.6) is 5.75 Å². The topological polar surface area (TPSA) is 58.6 Å². The predicted octanol–water partition coefficient (Wildman–Crippen LogP) is 3.16. The van der Waals surface area contributed by atoms with E-state index in [0.717, 1.165) is 24.2 Å². The summed E-state index contributed by atoms with van der Waals surface area (Å²) in [4.78, 5) is 11.6. The minimum atomic E-state index is -1.08. The van der Waals surface area contributed by atoms with Crippen molar-refractivity contribution in [3.8, 4) is 5.75 Å². The molecule has 0 aromatic heterocycles. The fraction of sp³-hybridized carbons (Fsp3) is 0.562. The summed E-state index contributed by atoms with van der Waals surface area (Å²) in [6.45, 7) is 8.43. The van der Waals surface area contributed by atoms with Gasteiger partial charge >= 0.3 is 5.97 Å². The van der Waals surface area contributed by atoms with Crippen LogP contribution in [0.15, 0.2) is 24.3 Å². The molecule has 0 aliphatic heterocycles. The van der Waals surface area contributed by atoms with E-state index < -0.39 is 11.5 Å². The quantitative estimate of drug-likeness (QED) is 0.767. The molecule has 2 unspecified atom stereocenters. The molecule has 0 saturated heterocycles. The van der Waals surface area contributed by atoms with Crippen molar-refractivity contribution in [1.82, 2.24) is 5.32 Å². The number of aliphatic carboxylic acids is 1. The van der Waals surface area contributed by atoms with Gasteiger partial charge in [-0.2, -0.15) is 0 Å². The largest absolute Gasteiger partial charge is 0.494 e. The second-order valence-corrected chi connectivity index (χ2v) is 5.26. The molecule has 4 nitrogen and oxygen atoms in total. The predicted molar refractivity (Wildman–Crippen MR) is 80.1 cm³/mol. The van der Waals surface area contributed by atoms with Gasteiger partial charge in [-0.3, -0.25) is 5.32 Å². The molecule has 2 N–H and O–H groups in total. The molecule has 0 aliphatic carbocycles. The summed E-state index contributed by atoms with van der Waals surface area (Å²) in [7, 11) is 0. The summed E-state index contributed by atoms with van der Waals surface area (Å²) in [6, 6.07) is 7.41. The summed E-state index contributed by atoms with van der Waals surface area (Å²) in [6.07, 6.45) is 1.82. The van der Waals surface area contributed by atoms with Gasteiger partial charge in [0.05, 0.1) is 6.61 Å². The number of carboxylic acid groups (broad SMARTS) is 1. The van der Waals surface area contributed by atoms with Gasteiger partial charge in [-0.05, 0) is 44.4 Å². The third-order valence-electron chi connectivity index (χ3n) is 3.48. The zero-order chi connectivity index (χ0) is 15.2. The van der Waals surface area contributed by atoms with Crippen molar-refractivity contribution in [2.45, 2.75) is 52.1 Å². The number of nitrogens with one attached hydrogen (secondary N) is 1. The Kier molecular flexibility index (Phi) is 6.02. The van der Waals surface area contributed by atoms with Crippen LogP contribution in [0.4, 0.5) is 0 Å². The SMILES string of the molecule is CCCOc1ccc(C(C)(NC(C)CC)C(=O)O)cc1. The maximum atomic E-state index is 11.6. The number of hydrogen-bond donors (Lipinski definition) is 2. The normalized spacial score (nSPS) is 15.4. The van der Waals surface area contributed by atoms with Crippen LogP contribution in [0.1, 0.15) is 46.1 Å². The van der Waals surface area contributed by atoms with Gasteiger partial charge < -0.3 is 9.84 Å². The van der Waals surface area contributed by atoms with E-state index in [1.807, 2.05) is 45.0 Å². The lowest BCUT2D eigenvalue weighted by Gasteiger charge is -2.30. The number of carboxylic acids is 1. The fourth-order valence-corrected chi connectivity index (χ4v) is 1.97. The van der Waals surface area contributed by atoms with Crippen LogP contribution >= 0.6 is 0 Å². The standard InChI is InChI=1S/C16H25NO3/c1-5-11-20-14-9-7-13(8-10-14)16(4,15(18)19)17-12(3)6-2/h7-10,12,17H,5-6,11H2,1-4H3,(H,18,19). The van der Waals surface area contributed by atoms with Crippen molar-refractivity contribution in [2.24, 2.45) is 0 Å². The average Bonchev–Trinajstić information content (AvgIpc) is 2.45. The Labute approximate surface area is 121 Å². The first-order valence-corrected chi connectivity index (χ1v) is 7.18. The number of carbonyl (C=O) groups is 1. The molecule has 0 amide bonds.